The second-order valence-electron chi connectivity index (χ2n) is 4.93. The van der Waals surface area contributed by atoms with Crippen LogP contribution in [0.5, 0.6) is 0 Å². The van der Waals surface area contributed by atoms with E-state index in [1.54, 1.807) is 0 Å². The standard InChI is InChI=1S/C16H22O2/c1-2-7-14-10-6-11-15(17)16(18-14)12-13-8-4-3-5-9-13/h2-5,7-9,14-17H,6,10-12H2,1H3/b7-2+. The van der Waals surface area contributed by atoms with Gasteiger partial charge < -0.3 is 9.84 Å². The minimum atomic E-state index is -0.347. The van der Waals surface area contributed by atoms with Gasteiger partial charge in [0, 0.05) is 6.42 Å². The van der Waals surface area contributed by atoms with Gasteiger partial charge in [0.15, 0.2) is 0 Å². The van der Waals surface area contributed by atoms with E-state index in [4.69, 9.17) is 4.74 Å². The summed E-state index contributed by atoms with van der Waals surface area (Å²) in [6.45, 7) is 2.01. The monoisotopic (exact) mass is 246 g/mol. The molecule has 1 fully saturated rings. The van der Waals surface area contributed by atoms with Gasteiger partial charge in [-0.1, -0.05) is 42.5 Å². The summed E-state index contributed by atoms with van der Waals surface area (Å²) in [4.78, 5) is 0. The molecular formula is C16H22O2. The average molecular weight is 246 g/mol. The van der Waals surface area contributed by atoms with E-state index in [2.05, 4.69) is 18.2 Å². The van der Waals surface area contributed by atoms with Crippen molar-refractivity contribution in [3.8, 4) is 0 Å². The summed E-state index contributed by atoms with van der Waals surface area (Å²) >= 11 is 0. The zero-order valence-corrected chi connectivity index (χ0v) is 11.0. The van der Waals surface area contributed by atoms with Crippen molar-refractivity contribution in [3.63, 3.8) is 0 Å². The van der Waals surface area contributed by atoms with Crippen molar-refractivity contribution in [1.82, 2.24) is 0 Å². The molecule has 0 spiro atoms. The van der Waals surface area contributed by atoms with E-state index >= 15 is 0 Å². The summed E-state index contributed by atoms with van der Waals surface area (Å²) in [6, 6.07) is 10.2. The summed E-state index contributed by atoms with van der Waals surface area (Å²) in [6.07, 6.45) is 7.51. The van der Waals surface area contributed by atoms with E-state index in [0.717, 1.165) is 25.7 Å². The number of rotatable bonds is 3. The van der Waals surface area contributed by atoms with Crippen molar-refractivity contribution < 1.29 is 9.84 Å². The fourth-order valence-electron chi connectivity index (χ4n) is 2.48. The minimum absolute atomic E-state index is 0.0869. The third-order valence-corrected chi connectivity index (χ3v) is 3.45. The van der Waals surface area contributed by atoms with Crippen LogP contribution in [-0.4, -0.2) is 23.4 Å². The van der Waals surface area contributed by atoms with Crippen LogP contribution in [0.1, 0.15) is 31.7 Å². The highest BCUT2D eigenvalue weighted by Gasteiger charge is 2.26. The maximum Gasteiger partial charge on any atom is 0.0882 e. The highest BCUT2D eigenvalue weighted by molar-refractivity contribution is 5.16. The predicted octanol–water partition coefficient (Wildman–Crippen LogP) is 3.10. The lowest BCUT2D eigenvalue weighted by Gasteiger charge is -2.23. The van der Waals surface area contributed by atoms with Gasteiger partial charge in [-0.05, 0) is 31.7 Å². The molecule has 1 saturated heterocycles. The quantitative estimate of drug-likeness (QED) is 0.830. The van der Waals surface area contributed by atoms with Gasteiger partial charge in [0.1, 0.15) is 0 Å². The molecule has 1 aromatic rings. The Bertz CT molecular complexity index is 372. The van der Waals surface area contributed by atoms with Crippen molar-refractivity contribution in [2.75, 3.05) is 0 Å². The van der Waals surface area contributed by atoms with Crippen LogP contribution in [0.3, 0.4) is 0 Å². The molecule has 0 aliphatic carbocycles. The Hall–Kier alpha value is -1.12. The normalized spacial score (nSPS) is 29.3. The third-order valence-electron chi connectivity index (χ3n) is 3.45. The number of allylic oxidation sites excluding steroid dienone is 1. The molecule has 2 rings (SSSR count). The van der Waals surface area contributed by atoms with Crippen molar-refractivity contribution >= 4 is 0 Å². The van der Waals surface area contributed by atoms with Gasteiger partial charge >= 0.3 is 0 Å². The van der Waals surface area contributed by atoms with Gasteiger partial charge in [-0.3, -0.25) is 0 Å². The summed E-state index contributed by atoms with van der Waals surface area (Å²) < 4.78 is 6.03. The highest BCUT2D eigenvalue weighted by Crippen LogP contribution is 2.22. The zero-order valence-electron chi connectivity index (χ0n) is 11.0. The largest absolute Gasteiger partial charge is 0.390 e. The van der Waals surface area contributed by atoms with E-state index in [1.165, 1.54) is 5.56 Å². The fraction of sp³-hybridized carbons (Fsp3) is 0.500. The summed E-state index contributed by atoms with van der Waals surface area (Å²) in [5.74, 6) is 0. The van der Waals surface area contributed by atoms with Crippen LogP contribution < -0.4 is 0 Å². The SMILES string of the molecule is C/C=C/C1CCCC(O)C(Cc2ccccc2)O1. The van der Waals surface area contributed by atoms with E-state index in [-0.39, 0.29) is 18.3 Å². The van der Waals surface area contributed by atoms with E-state index < -0.39 is 0 Å². The Balaban J connectivity index is 2.03. The molecule has 1 N–H and O–H groups in total. The van der Waals surface area contributed by atoms with Gasteiger partial charge in [0.2, 0.25) is 0 Å². The lowest BCUT2D eigenvalue weighted by molar-refractivity contribution is -0.0481. The first-order valence-electron chi connectivity index (χ1n) is 6.80. The maximum absolute atomic E-state index is 10.1. The molecule has 2 heteroatoms. The summed E-state index contributed by atoms with van der Waals surface area (Å²) in [5, 5.41) is 10.1. The maximum atomic E-state index is 10.1. The number of ether oxygens (including phenoxy) is 1. The molecule has 0 amide bonds. The van der Waals surface area contributed by atoms with Crippen LogP contribution >= 0.6 is 0 Å². The number of aliphatic hydroxyl groups is 1. The first-order chi connectivity index (χ1) is 8.79. The first kappa shape index (κ1) is 13.3. The van der Waals surface area contributed by atoms with Gasteiger partial charge in [-0.2, -0.15) is 0 Å². The minimum Gasteiger partial charge on any atom is -0.390 e. The molecule has 98 valence electrons. The second kappa shape index (κ2) is 6.72. The fourth-order valence-corrected chi connectivity index (χ4v) is 2.48. The van der Waals surface area contributed by atoms with Crippen LogP contribution in [0.25, 0.3) is 0 Å². The average Bonchev–Trinajstić information content (AvgIpc) is 2.54. The second-order valence-corrected chi connectivity index (χ2v) is 4.93. The molecule has 3 atom stereocenters. The molecule has 1 aliphatic heterocycles. The summed E-state index contributed by atoms with van der Waals surface area (Å²) in [7, 11) is 0. The third kappa shape index (κ3) is 3.69. The molecule has 1 heterocycles. The smallest absolute Gasteiger partial charge is 0.0882 e. The van der Waals surface area contributed by atoms with Crippen LogP contribution in [0.2, 0.25) is 0 Å². The molecule has 0 aromatic heterocycles. The lowest BCUT2D eigenvalue weighted by atomic mass is 10.0. The van der Waals surface area contributed by atoms with E-state index in [1.807, 2.05) is 31.2 Å². The van der Waals surface area contributed by atoms with Crippen molar-refractivity contribution in [2.45, 2.75) is 50.9 Å². The number of hydrogen-bond donors (Lipinski definition) is 1. The molecule has 1 aromatic carbocycles. The predicted molar refractivity (Wildman–Crippen MR) is 73.5 cm³/mol. The van der Waals surface area contributed by atoms with Crippen LogP contribution in [0.4, 0.5) is 0 Å². The van der Waals surface area contributed by atoms with Crippen LogP contribution in [0, 0.1) is 0 Å². The molecule has 3 unspecified atom stereocenters. The number of aliphatic hydroxyl groups excluding tert-OH is 1. The molecular weight excluding hydrogens is 224 g/mol. The Labute approximate surface area is 109 Å². The van der Waals surface area contributed by atoms with Gasteiger partial charge in [0.05, 0.1) is 18.3 Å². The van der Waals surface area contributed by atoms with Crippen molar-refractivity contribution in [3.05, 3.63) is 48.0 Å². The Morgan fingerprint density at radius 2 is 2.06 bits per heavy atom. The molecule has 2 nitrogen and oxygen atoms in total. The van der Waals surface area contributed by atoms with Crippen LogP contribution in [0.15, 0.2) is 42.5 Å². The molecule has 0 saturated carbocycles. The number of benzene rings is 1. The van der Waals surface area contributed by atoms with Gasteiger partial charge in [-0.25, -0.2) is 0 Å². The Morgan fingerprint density at radius 3 is 2.78 bits per heavy atom. The zero-order chi connectivity index (χ0) is 12.8. The number of hydrogen-bond acceptors (Lipinski definition) is 2. The van der Waals surface area contributed by atoms with Crippen LogP contribution in [-0.2, 0) is 11.2 Å². The Kier molecular flexibility index (Phi) is 4.97. The van der Waals surface area contributed by atoms with E-state index in [0.29, 0.717) is 0 Å². The van der Waals surface area contributed by atoms with Gasteiger partial charge in [-0.15, -0.1) is 0 Å². The van der Waals surface area contributed by atoms with E-state index in [9.17, 15) is 5.11 Å². The molecule has 0 bridgehead atoms. The van der Waals surface area contributed by atoms with Gasteiger partial charge in [0.25, 0.3) is 0 Å². The molecule has 18 heavy (non-hydrogen) atoms. The summed E-state index contributed by atoms with van der Waals surface area (Å²) in [5.41, 5.74) is 1.22. The van der Waals surface area contributed by atoms with Crippen molar-refractivity contribution in [2.24, 2.45) is 0 Å². The highest BCUT2D eigenvalue weighted by atomic mass is 16.5. The lowest BCUT2D eigenvalue weighted by Crippen LogP contribution is -2.31. The first-order valence-corrected chi connectivity index (χ1v) is 6.80. The molecule has 0 radical (unpaired) electrons. The van der Waals surface area contributed by atoms with Crippen molar-refractivity contribution in [1.29, 1.82) is 0 Å². The topological polar surface area (TPSA) is 29.5 Å². The Morgan fingerprint density at radius 1 is 1.28 bits per heavy atom. The molecule has 1 aliphatic rings.